The molecule has 0 atom stereocenters. The van der Waals surface area contributed by atoms with E-state index in [1.165, 1.54) is 34.4 Å². The van der Waals surface area contributed by atoms with Gasteiger partial charge in [-0.15, -0.1) is 21.5 Å². The summed E-state index contributed by atoms with van der Waals surface area (Å²) in [6, 6.07) is 0. The molecule has 3 nitrogen and oxygen atoms in total. The fourth-order valence-electron chi connectivity index (χ4n) is 1.90. The Morgan fingerprint density at radius 1 is 1.25 bits per heavy atom. The van der Waals surface area contributed by atoms with Crippen LogP contribution in [0.2, 0.25) is 0 Å². The number of thioether (sulfide) groups is 1. The van der Waals surface area contributed by atoms with Gasteiger partial charge in [-0.3, -0.25) is 0 Å². The number of likely N-dealkylation sites (N-methyl/N-ethyl adjacent to an activating group) is 1. The summed E-state index contributed by atoms with van der Waals surface area (Å²) >= 11 is 3.88. The molecule has 0 radical (unpaired) electrons. The fourth-order valence-corrected chi connectivity index (χ4v) is 4.06. The molecule has 1 aromatic heterocycles. The van der Waals surface area contributed by atoms with Crippen LogP contribution in [-0.2, 0) is 12.8 Å². The Labute approximate surface area is 105 Å². The van der Waals surface area contributed by atoms with Crippen LogP contribution in [0, 0.1) is 5.92 Å². The van der Waals surface area contributed by atoms with E-state index in [0.717, 1.165) is 25.3 Å². The fraction of sp³-hybridized carbons (Fsp3) is 0.818. The van der Waals surface area contributed by atoms with E-state index in [9.17, 15) is 0 Å². The van der Waals surface area contributed by atoms with Gasteiger partial charge >= 0.3 is 0 Å². The van der Waals surface area contributed by atoms with Gasteiger partial charge in [-0.2, -0.15) is 11.8 Å². The second-order valence-electron chi connectivity index (χ2n) is 4.20. The number of hydrogen-bond acceptors (Lipinski definition) is 5. The molecule has 1 N–H and O–H groups in total. The molecule has 0 saturated carbocycles. The average molecular weight is 257 g/mol. The summed E-state index contributed by atoms with van der Waals surface area (Å²) in [6.07, 6.45) is 4.87. The Morgan fingerprint density at radius 3 is 2.75 bits per heavy atom. The summed E-state index contributed by atoms with van der Waals surface area (Å²) in [7, 11) is 1.97. The Morgan fingerprint density at radius 2 is 2.00 bits per heavy atom. The van der Waals surface area contributed by atoms with E-state index in [4.69, 9.17) is 0 Å². The number of aromatic nitrogens is 2. The van der Waals surface area contributed by atoms with Gasteiger partial charge in [0.15, 0.2) is 0 Å². The Bertz CT molecular complexity index is 308. The molecule has 2 rings (SSSR count). The molecule has 1 aliphatic heterocycles. The zero-order valence-electron chi connectivity index (χ0n) is 9.74. The third kappa shape index (κ3) is 3.71. The van der Waals surface area contributed by atoms with E-state index >= 15 is 0 Å². The molecule has 5 heteroatoms. The average Bonchev–Trinajstić information content (AvgIpc) is 2.75. The second kappa shape index (κ2) is 6.57. The quantitative estimate of drug-likeness (QED) is 0.875. The zero-order chi connectivity index (χ0) is 11.2. The van der Waals surface area contributed by atoms with Crippen molar-refractivity contribution in [3.05, 3.63) is 10.0 Å². The summed E-state index contributed by atoms with van der Waals surface area (Å²) < 4.78 is 0. The molecule has 1 fully saturated rings. The number of nitrogens with zero attached hydrogens (tertiary/aromatic N) is 2. The largest absolute Gasteiger partial charge is 0.319 e. The molecule has 90 valence electrons. The third-order valence-electron chi connectivity index (χ3n) is 2.90. The number of nitrogens with one attached hydrogen (secondary N) is 1. The minimum atomic E-state index is 0.853. The maximum absolute atomic E-state index is 4.30. The second-order valence-corrected chi connectivity index (χ2v) is 6.57. The highest BCUT2D eigenvalue weighted by molar-refractivity contribution is 7.99. The van der Waals surface area contributed by atoms with E-state index in [1.54, 1.807) is 11.3 Å². The first kappa shape index (κ1) is 12.3. The molecular weight excluding hydrogens is 238 g/mol. The van der Waals surface area contributed by atoms with Crippen molar-refractivity contribution in [2.45, 2.75) is 25.7 Å². The minimum absolute atomic E-state index is 0.853. The number of hydrogen-bond donors (Lipinski definition) is 1. The molecule has 2 heterocycles. The molecule has 0 bridgehead atoms. The molecule has 1 aliphatic rings. The van der Waals surface area contributed by atoms with Crippen molar-refractivity contribution >= 4 is 23.1 Å². The van der Waals surface area contributed by atoms with Crippen LogP contribution < -0.4 is 5.32 Å². The highest BCUT2D eigenvalue weighted by atomic mass is 32.2. The maximum atomic E-state index is 4.30. The van der Waals surface area contributed by atoms with Crippen LogP contribution in [0.25, 0.3) is 0 Å². The smallest absolute Gasteiger partial charge is 0.118 e. The standard InChI is InChI=1S/C11H19N3S2/c1-12-5-2-10-13-14-11(16-10)8-9-3-6-15-7-4-9/h9,12H,2-8H2,1H3. The van der Waals surface area contributed by atoms with Crippen molar-refractivity contribution in [2.75, 3.05) is 25.1 Å². The lowest BCUT2D eigenvalue weighted by molar-refractivity contribution is 0.485. The third-order valence-corrected chi connectivity index (χ3v) is 4.96. The first-order valence-electron chi connectivity index (χ1n) is 5.92. The first-order valence-corrected chi connectivity index (χ1v) is 7.89. The van der Waals surface area contributed by atoms with Gasteiger partial charge in [0.2, 0.25) is 0 Å². The van der Waals surface area contributed by atoms with Crippen molar-refractivity contribution in [3.8, 4) is 0 Å². The SMILES string of the molecule is CNCCc1nnc(CC2CCSCC2)s1. The Balaban J connectivity index is 1.81. The van der Waals surface area contributed by atoms with Crippen LogP contribution in [-0.4, -0.2) is 35.3 Å². The lowest BCUT2D eigenvalue weighted by Crippen LogP contribution is -2.12. The predicted octanol–water partition coefficient (Wildman–Crippen LogP) is 1.99. The van der Waals surface area contributed by atoms with Crippen molar-refractivity contribution in [1.82, 2.24) is 15.5 Å². The lowest BCUT2D eigenvalue weighted by atomic mass is 9.99. The van der Waals surface area contributed by atoms with E-state index in [2.05, 4.69) is 27.3 Å². The van der Waals surface area contributed by atoms with Crippen molar-refractivity contribution in [2.24, 2.45) is 5.92 Å². The lowest BCUT2D eigenvalue weighted by Gasteiger charge is -2.19. The van der Waals surface area contributed by atoms with Gasteiger partial charge in [-0.1, -0.05) is 0 Å². The van der Waals surface area contributed by atoms with Crippen molar-refractivity contribution in [3.63, 3.8) is 0 Å². The summed E-state index contributed by atoms with van der Waals surface area (Å²) in [6.45, 7) is 0.995. The van der Waals surface area contributed by atoms with E-state index in [0.29, 0.717) is 0 Å². The highest BCUT2D eigenvalue weighted by Gasteiger charge is 2.16. The molecule has 0 aliphatic carbocycles. The molecule has 0 aromatic carbocycles. The van der Waals surface area contributed by atoms with Crippen LogP contribution in [0.5, 0.6) is 0 Å². The normalized spacial score (nSPS) is 17.8. The minimum Gasteiger partial charge on any atom is -0.319 e. The molecular formula is C11H19N3S2. The Hall–Kier alpha value is -0.130. The topological polar surface area (TPSA) is 37.8 Å². The van der Waals surface area contributed by atoms with Gasteiger partial charge in [0, 0.05) is 19.4 Å². The first-order chi connectivity index (χ1) is 7.88. The van der Waals surface area contributed by atoms with E-state index in [-0.39, 0.29) is 0 Å². The molecule has 0 unspecified atom stereocenters. The van der Waals surface area contributed by atoms with E-state index < -0.39 is 0 Å². The molecule has 1 saturated heterocycles. The van der Waals surface area contributed by atoms with Gasteiger partial charge in [-0.25, -0.2) is 0 Å². The zero-order valence-corrected chi connectivity index (χ0v) is 11.4. The van der Waals surface area contributed by atoms with Gasteiger partial charge in [0.05, 0.1) is 0 Å². The van der Waals surface area contributed by atoms with Crippen molar-refractivity contribution < 1.29 is 0 Å². The molecule has 0 amide bonds. The Kier molecular flexibility index (Phi) is 5.06. The van der Waals surface area contributed by atoms with Crippen LogP contribution in [0.4, 0.5) is 0 Å². The van der Waals surface area contributed by atoms with E-state index in [1.807, 2.05) is 7.05 Å². The molecule has 1 aromatic rings. The predicted molar refractivity (Wildman–Crippen MR) is 71.3 cm³/mol. The molecule has 16 heavy (non-hydrogen) atoms. The van der Waals surface area contributed by atoms with Crippen LogP contribution in [0.1, 0.15) is 22.9 Å². The molecule has 0 spiro atoms. The highest BCUT2D eigenvalue weighted by Crippen LogP contribution is 2.26. The number of rotatable bonds is 5. The van der Waals surface area contributed by atoms with Gasteiger partial charge in [0.25, 0.3) is 0 Å². The van der Waals surface area contributed by atoms with Crippen LogP contribution in [0.15, 0.2) is 0 Å². The van der Waals surface area contributed by atoms with Crippen molar-refractivity contribution in [1.29, 1.82) is 0 Å². The van der Waals surface area contributed by atoms with Crippen LogP contribution >= 0.6 is 23.1 Å². The monoisotopic (exact) mass is 257 g/mol. The van der Waals surface area contributed by atoms with Gasteiger partial charge in [-0.05, 0) is 37.3 Å². The summed E-state index contributed by atoms with van der Waals surface area (Å²) in [5.41, 5.74) is 0. The maximum Gasteiger partial charge on any atom is 0.118 e. The van der Waals surface area contributed by atoms with Crippen LogP contribution in [0.3, 0.4) is 0 Å². The van der Waals surface area contributed by atoms with Gasteiger partial charge < -0.3 is 5.32 Å². The summed E-state index contributed by atoms with van der Waals surface area (Å²) in [4.78, 5) is 0. The summed E-state index contributed by atoms with van der Waals surface area (Å²) in [5.74, 6) is 3.51. The van der Waals surface area contributed by atoms with Gasteiger partial charge in [0.1, 0.15) is 10.0 Å². The summed E-state index contributed by atoms with van der Waals surface area (Å²) in [5, 5.41) is 14.1.